The predicted molar refractivity (Wildman–Crippen MR) is 79.9 cm³/mol. The van der Waals surface area contributed by atoms with Crippen LogP contribution in [0.3, 0.4) is 0 Å². The largest absolute Gasteiger partial charge is 0.495 e. The molecule has 0 aliphatic carbocycles. The summed E-state index contributed by atoms with van der Waals surface area (Å²) in [4.78, 5) is 11.5. The molecule has 0 aromatic heterocycles. The topological polar surface area (TPSA) is 46.5 Å². The maximum Gasteiger partial charge on any atom is 0.337 e. The molecular formula is C16H15ClO3. The highest BCUT2D eigenvalue weighted by molar-refractivity contribution is 6.35. The molecule has 2 rings (SSSR count). The van der Waals surface area contributed by atoms with Crippen LogP contribution in [0.25, 0.3) is 11.1 Å². The van der Waals surface area contributed by atoms with E-state index in [1.807, 2.05) is 32.0 Å². The minimum absolute atomic E-state index is 0.0658. The molecule has 0 spiro atoms. The maximum atomic E-state index is 11.5. The Morgan fingerprint density at radius 2 is 1.75 bits per heavy atom. The number of rotatable bonds is 3. The molecule has 0 unspecified atom stereocenters. The summed E-state index contributed by atoms with van der Waals surface area (Å²) in [5, 5.41) is 9.55. The third kappa shape index (κ3) is 2.63. The number of hydrogen-bond acceptors (Lipinski definition) is 2. The number of hydrogen-bond donors (Lipinski definition) is 1. The van der Waals surface area contributed by atoms with Crippen molar-refractivity contribution in [3.8, 4) is 16.9 Å². The van der Waals surface area contributed by atoms with Gasteiger partial charge in [0, 0.05) is 0 Å². The lowest BCUT2D eigenvalue weighted by Crippen LogP contribution is -2.02. The van der Waals surface area contributed by atoms with Crippen molar-refractivity contribution in [1.29, 1.82) is 0 Å². The number of aromatic carboxylic acids is 1. The van der Waals surface area contributed by atoms with Crippen LogP contribution in [0.1, 0.15) is 21.5 Å². The highest BCUT2D eigenvalue weighted by Gasteiger charge is 2.19. The first-order chi connectivity index (χ1) is 9.43. The summed E-state index contributed by atoms with van der Waals surface area (Å²) in [5.41, 5.74) is 3.64. The third-order valence-corrected chi connectivity index (χ3v) is 3.45. The van der Waals surface area contributed by atoms with Crippen LogP contribution in [-0.4, -0.2) is 18.2 Å². The second-order valence-corrected chi connectivity index (χ2v) is 5.06. The molecule has 0 heterocycles. The minimum Gasteiger partial charge on any atom is -0.495 e. The molecule has 0 fully saturated rings. The molecule has 1 N–H and O–H groups in total. The summed E-state index contributed by atoms with van der Waals surface area (Å²) in [6.45, 7) is 3.95. The van der Waals surface area contributed by atoms with Gasteiger partial charge in [-0.15, -0.1) is 0 Å². The third-order valence-electron chi connectivity index (χ3n) is 3.07. The van der Waals surface area contributed by atoms with Crippen LogP contribution in [-0.2, 0) is 0 Å². The zero-order valence-electron chi connectivity index (χ0n) is 11.5. The molecule has 20 heavy (non-hydrogen) atoms. The molecule has 0 radical (unpaired) electrons. The second-order valence-electron chi connectivity index (χ2n) is 4.69. The monoisotopic (exact) mass is 290 g/mol. The molecule has 0 saturated heterocycles. The minimum atomic E-state index is -1.07. The average Bonchev–Trinajstić information content (AvgIpc) is 2.36. The van der Waals surface area contributed by atoms with Crippen LogP contribution in [0.15, 0.2) is 30.3 Å². The predicted octanol–water partition coefficient (Wildman–Crippen LogP) is 4.33. The fourth-order valence-corrected chi connectivity index (χ4v) is 2.62. The number of methoxy groups -OCH3 is 1. The molecule has 0 saturated carbocycles. The van der Waals surface area contributed by atoms with Gasteiger partial charge < -0.3 is 9.84 Å². The lowest BCUT2D eigenvalue weighted by atomic mass is 9.96. The van der Waals surface area contributed by atoms with Gasteiger partial charge in [-0.3, -0.25) is 0 Å². The van der Waals surface area contributed by atoms with Crippen molar-refractivity contribution in [1.82, 2.24) is 0 Å². The Bertz CT molecular complexity index is 657. The summed E-state index contributed by atoms with van der Waals surface area (Å²) < 4.78 is 5.08. The van der Waals surface area contributed by atoms with Gasteiger partial charge in [0.1, 0.15) is 5.75 Å². The van der Waals surface area contributed by atoms with E-state index in [2.05, 4.69) is 0 Å². The van der Waals surface area contributed by atoms with Crippen molar-refractivity contribution >= 4 is 17.6 Å². The van der Waals surface area contributed by atoms with E-state index in [0.29, 0.717) is 11.3 Å². The number of carboxylic acids is 1. The van der Waals surface area contributed by atoms with Crippen LogP contribution in [0.5, 0.6) is 5.75 Å². The molecule has 4 heteroatoms. The lowest BCUT2D eigenvalue weighted by Gasteiger charge is -2.12. The Morgan fingerprint density at radius 3 is 2.25 bits per heavy atom. The molecule has 0 atom stereocenters. The zero-order chi connectivity index (χ0) is 14.9. The number of ether oxygens (including phenoxy) is 1. The Balaban J connectivity index is 2.73. The highest BCUT2D eigenvalue weighted by atomic mass is 35.5. The molecule has 0 bridgehead atoms. The maximum absolute atomic E-state index is 11.5. The Morgan fingerprint density at radius 1 is 1.15 bits per heavy atom. The summed E-state index contributed by atoms with van der Waals surface area (Å²) in [6, 6.07) is 9.33. The first kappa shape index (κ1) is 14.4. The van der Waals surface area contributed by atoms with Gasteiger partial charge in [0.25, 0.3) is 0 Å². The number of halogens is 1. The summed E-state index contributed by atoms with van der Waals surface area (Å²) in [5.74, 6) is -0.708. The zero-order valence-corrected chi connectivity index (χ0v) is 12.3. The van der Waals surface area contributed by atoms with E-state index in [0.717, 1.165) is 16.7 Å². The summed E-state index contributed by atoms with van der Waals surface area (Å²) in [7, 11) is 1.46. The van der Waals surface area contributed by atoms with Crippen molar-refractivity contribution in [2.75, 3.05) is 7.11 Å². The smallest absolute Gasteiger partial charge is 0.337 e. The van der Waals surface area contributed by atoms with Gasteiger partial charge in [-0.25, -0.2) is 4.79 Å². The molecule has 0 amide bonds. The number of aryl methyl sites for hydroxylation is 2. The normalized spacial score (nSPS) is 10.4. The molecule has 0 aliphatic rings. The van der Waals surface area contributed by atoms with E-state index < -0.39 is 5.97 Å². The van der Waals surface area contributed by atoms with Crippen molar-refractivity contribution in [3.05, 3.63) is 52.0 Å². The first-order valence-electron chi connectivity index (χ1n) is 6.12. The fourth-order valence-electron chi connectivity index (χ4n) is 2.29. The van der Waals surface area contributed by atoms with Gasteiger partial charge in [0.15, 0.2) is 0 Å². The Hall–Kier alpha value is -2.00. The van der Waals surface area contributed by atoms with E-state index in [1.54, 1.807) is 12.1 Å². The van der Waals surface area contributed by atoms with Crippen molar-refractivity contribution < 1.29 is 14.6 Å². The van der Waals surface area contributed by atoms with E-state index in [9.17, 15) is 9.90 Å². The van der Waals surface area contributed by atoms with Gasteiger partial charge in [0.05, 0.1) is 17.7 Å². The molecule has 104 valence electrons. The van der Waals surface area contributed by atoms with E-state index in [1.165, 1.54) is 7.11 Å². The SMILES string of the molecule is COc1ccc(-c2cc(C)cc(C)c2)c(C(=O)O)c1Cl. The van der Waals surface area contributed by atoms with Crippen LogP contribution in [0, 0.1) is 13.8 Å². The second kappa shape index (κ2) is 5.55. The van der Waals surface area contributed by atoms with E-state index in [4.69, 9.17) is 16.3 Å². The first-order valence-corrected chi connectivity index (χ1v) is 6.50. The highest BCUT2D eigenvalue weighted by Crippen LogP contribution is 2.36. The van der Waals surface area contributed by atoms with Gasteiger partial charge in [0.2, 0.25) is 0 Å². The van der Waals surface area contributed by atoms with Crippen molar-refractivity contribution in [2.45, 2.75) is 13.8 Å². The van der Waals surface area contributed by atoms with Crippen LogP contribution in [0.4, 0.5) is 0 Å². The summed E-state index contributed by atoms with van der Waals surface area (Å²) in [6.07, 6.45) is 0. The van der Waals surface area contributed by atoms with Crippen LogP contribution in [0.2, 0.25) is 5.02 Å². The number of carbonyl (C=O) groups is 1. The van der Waals surface area contributed by atoms with E-state index in [-0.39, 0.29) is 10.6 Å². The number of benzene rings is 2. The van der Waals surface area contributed by atoms with Gasteiger partial charge >= 0.3 is 5.97 Å². The number of carboxylic acid groups (broad SMARTS) is 1. The molecule has 2 aromatic rings. The van der Waals surface area contributed by atoms with Gasteiger partial charge in [-0.2, -0.15) is 0 Å². The standard InChI is InChI=1S/C16H15ClO3/c1-9-6-10(2)8-11(7-9)12-4-5-13(20-3)15(17)14(12)16(18)19/h4-8H,1-3H3,(H,18,19). The van der Waals surface area contributed by atoms with Crippen LogP contribution >= 0.6 is 11.6 Å². The molecule has 0 aliphatic heterocycles. The Kier molecular flexibility index (Phi) is 4.00. The van der Waals surface area contributed by atoms with Gasteiger partial charge in [-0.1, -0.05) is 40.9 Å². The van der Waals surface area contributed by atoms with Crippen LogP contribution < -0.4 is 4.74 Å². The fraction of sp³-hybridized carbons (Fsp3) is 0.188. The Labute approximate surface area is 122 Å². The molecular weight excluding hydrogens is 276 g/mol. The average molecular weight is 291 g/mol. The quantitative estimate of drug-likeness (QED) is 0.915. The van der Waals surface area contributed by atoms with E-state index >= 15 is 0 Å². The lowest BCUT2D eigenvalue weighted by molar-refractivity contribution is 0.0697. The molecule has 2 aromatic carbocycles. The summed E-state index contributed by atoms with van der Waals surface area (Å²) >= 11 is 6.13. The molecule has 3 nitrogen and oxygen atoms in total. The van der Waals surface area contributed by atoms with Crippen molar-refractivity contribution in [3.63, 3.8) is 0 Å². The van der Waals surface area contributed by atoms with Gasteiger partial charge in [-0.05, 0) is 37.1 Å². The van der Waals surface area contributed by atoms with Crippen molar-refractivity contribution in [2.24, 2.45) is 0 Å².